The molecule has 2 aromatic heterocycles. The lowest BCUT2D eigenvalue weighted by Crippen LogP contribution is -2.31. The van der Waals surface area contributed by atoms with E-state index in [4.69, 9.17) is 0 Å². The van der Waals surface area contributed by atoms with Crippen LogP contribution in [0.5, 0.6) is 0 Å². The molecular weight excluding hydrogens is 244 g/mol. The quantitative estimate of drug-likeness (QED) is 0.853. The Hall–Kier alpha value is -1.95. The van der Waals surface area contributed by atoms with Gasteiger partial charge in [-0.2, -0.15) is 5.10 Å². The van der Waals surface area contributed by atoms with Gasteiger partial charge in [-0.1, -0.05) is 6.92 Å². The van der Waals surface area contributed by atoms with Crippen molar-refractivity contribution in [2.24, 2.45) is 7.05 Å². The number of aliphatic hydroxyl groups excluding tert-OH is 1. The summed E-state index contributed by atoms with van der Waals surface area (Å²) in [6.45, 7) is 4.00. The Kier molecular flexibility index (Phi) is 3.80. The van der Waals surface area contributed by atoms with Crippen LogP contribution >= 0.6 is 0 Å². The Morgan fingerprint density at radius 1 is 1.58 bits per heavy atom. The number of pyridine rings is 1. The standard InChI is InChI=1S/C13H18N4O2/c1-4-10(18)7-15-13(19)9-5-11-8(2)16-17(3)12(11)14-6-9/h5-6,10,18H,4,7H2,1-3H3,(H,15,19). The SMILES string of the molecule is CCC(O)CNC(=O)c1cnc2c(c1)c(C)nn2C. The molecule has 0 aliphatic heterocycles. The Balaban J connectivity index is 2.21. The third-order valence-electron chi connectivity index (χ3n) is 3.09. The molecule has 0 aromatic carbocycles. The molecule has 2 N–H and O–H groups in total. The summed E-state index contributed by atoms with van der Waals surface area (Å²) in [5.41, 5.74) is 2.07. The second kappa shape index (κ2) is 5.36. The maximum Gasteiger partial charge on any atom is 0.252 e. The number of nitrogens with zero attached hydrogens (tertiary/aromatic N) is 3. The van der Waals surface area contributed by atoms with E-state index in [-0.39, 0.29) is 12.5 Å². The number of amides is 1. The smallest absolute Gasteiger partial charge is 0.252 e. The van der Waals surface area contributed by atoms with E-state index in [2.05, 4.69) is 15.4 Å². The first-order chi connectivity index (χ1) is 9.02. The van der Waals surface area contributed by atoms with Gasteiger partial charge in [0.25, 0.3) is 5.91 Å². The summed E-state index contributed by atoms with van der Waals surface area (Å²) in [5, 5.41) is 17.2. The molecule has 2 aromatic rings. The highest BCUT2D eigenvalue weighted by atomic mass is 16.3. The second-order valence-corrected chi connectivity index (χ2v) is 4.58. The molecular formula is C13H18N4O2. The summed E-state index contributed by atoms with van der Waals surface area (Å²) >= 11 is 0. The van der Waals surface area contributed by atoms with E-state index >= 15 is 0 Å². The highest BCUT2D eigenvalue weighted by Gasteiger charge is 2.12. The number of nitrogens with one attached hydrogen (secondary N) is 1. The van der Waals surface area contributed by atoms with Crippen molar-refractivity contribution in [3.63, 3.8) is 0 Å². The van der Waals surface area contributed by atoms with Gasteiger partial charge in [0, 0.05) is 25.2 Å². The Morgan fingerprint density at radius 2 is 2.32 bits per heavy atom. The van der Waals surface area contributed by atoms with Gasteiger partial charge in [0.15, 0.2) is 5.65 Å². The number of aryl methyl sites for hydroxylation is 2. The van der Waals surface area contributed by atoms with E-state index in [9.17, 15) is 9.90 Å². The highest BCUT2D eigenvalue weighted by molar-refractivity contribution is 5.97. The molecule has 0 saturated carbocycles. The maximum absolute atomic E-state index is 11.9. The van der Waals surface area contributed by atoms with E-state index in [0.29, 0.717) is 12.0 Å². The summed E-state index contributed by atoms with van der Waals surface area (Å²) < 4.78 is 1.69. The summed E-state index contributed by atoms with van der Waals surface area (Å²) in [5.74, 6) is -0.231. The molecule has 0 saturated heterocycles. The zero-order valence-electron chi connectivity index (χ0n) is 11.3. The minimum absolute atomic E-state index is 0.231. The topological polar surface area (TPSA) is 80.0 Å². The van der Waals surface area contributed by atoms with Crippen LogP contribution in [0.25, 0.3) is 11.0 Å². The Labute approximate surface area is 111 Å². The van der Waals surface area contributed by atoms with Gasteiger partial charge in [0.05, 0.1) is 17.4 Å². The van der Waals surface area contributed by atoms with E-state index in [1.54, 1.807) is 10.7 Å². The van der Waals surface area contributed by atoms with Crippen LogP contribution in [0.15, 0.2) is 12.3 Å². The van der Waals surface area contributed by atoms with E-state index in [1.165, 1.54) is 6.20 Å². The van der Waals surface area contributed by atoms with Gasteiger partial charge in [0.1, 0.15) is 0 Å². The lowest BCUT2D eigenvalue weighted by molar-refractivity contribution is 0.0913. The Bertz CT molecular complexity index is 606. The number of carbonyl (C=O) groups excluding carboxylic acids is 1. The molecule has 19 heavy (non-hydrogen) atoms. The number of carbonyl (C=O) groups is 1. The fourth-order valence-electron chi connectivity index (χ4n) is 1.89. The molecule has 102 valence electrons. The summed E-state index contributed by atoms with van der Waals surface area (Å²) in [7, 11) is 1.82. The molecule has 0 fully saturated rings. The first-order valence-electron chi connectivity index (χ1n) is 6.28. The zero-order chi connectivity index (χ0) is 14.0. The molecule has 2 rings (SSSR count). The van der Waals surface area contributed by atoms with Crippen molar-refractivity contribution in [1.82, 2.24) is 20.1 Å². The average Bonchev–Trinajstić information content (AvgIpc) is 2.70. The molecule has 1 amide bonds. The third kappa shape index (κ3) is 2.73. The van der Waals surface area contributed by atoms with Gasteiger partial charge >= 0.3 is 0 Å². The van der Waals surface area contributed by atoms with Crippen molar-refractivity contribution in [3.8, 4) is 0 Å². The zero-order valence-corrected chi connectivity index (χ0v) is 11.3. The minimum atomic E-state index is -0.513. The van der Waals surface area contributed by atoms with Gasteiger partial charge in [-0.3, -0.25) is 9.48 Å². The monoisotopic (exact) mass is 262 g/mol. The Morgan fingerprint density at radius 3 is 3.00 bits per heavy atom. The number of hydrogen-bond donors (Lipinski definition) is 2. The van der Waals surface area contributed by atoms with Gasteiger partial charge < -0.3 is 10.4 Å². The van der Waals surface area contributed by atoms with Crippen LogP contribution in [-0.2, 0) is 7.05 Å². The lowest BCUT2D eigenvalue weighted by atomic mass is 10.2. The van der Waals surface area contributed by atoms with Crippen molar-refractivity contribution >= 4 is 16.9 Å². The molecule has 0 aliphatic rings. The van der Waals surface area contributed by atoms with Gasteiger partial charge in [-0.15, -0.1) is 0 Å². The average molecular weight is 262 g/mol. The van der Waals surface area contributed by atoms with Crippen LogP contribution in [0, 0.1) is 6.92 Å². The largest absolute Gasteiger partial charge is 0.391 e. The number of aromatic nitrogens is 3. The molecule has 0 spiro atoms. The second-order valence-electron chi connectivity index (χ2n) is 4.58. The van der Waals surface area contributed by atoms with Crippen LogP contribution in [0.1, 0.15) is 29.4 Å². The number of aliphatic hydroxyl groups is 1. The van der Waals surface area contributed by atoms with E-state index < -0.39 is 6.10 Å². The van der Waals surface area contributed by atoms with Gasteiger partial charge in [-0.05, 0) is 19.4 Å². The van der Waals surface area contributed by atoms with Crippen molar-refractivity contribution in [2.75, 3.05) is 6.54 Å². The summed E-state index contributed by atoms with van der Waals surface area (Å²) in [6.07, 6.45) is 1.62. The highest BCUT2D eigenvalue weighted by Crippen LogP contribution is 2.16. The van der Waals surface area contributed by atoms with Crippen LogP contribution < -0.4 is 5.32 Å². The van der Waals surface area contributed by atoms with Crippen molar-refractivity contribution in [2.45, 2.75) is 26.4 Å². The normalized spacial score (nSPS) is 12.6. The van der Waals surface area contributed by atoms with Crippen molar-refractivity contribution in [3.05, 3.63) is 23.5 Å². The van der Waals surface area contributed by atoms with Gasteiger partial charge in [-0.25, -0.2) is 4.98 Å². The predicted octanol–water partition coefficient (Wildman–Crippen LogP) is 0.777. The first-order valence-corrected chi connectivity index (χ1v) is 6.28. The third-order valence-corrected chi connectivity index (χ3v) is 3.09. The molecule has 6 nitrogen and oxygen atoms in total. The van der Waals surface area contributed by atoms with Crippen LogP contribution in [0.4, 0.5) is 0 Å². The predicted molar refractivity (Wildman–Crippen MR) is 71.9 cm³/mol. The minimum Gasteiger partial charge on any atom is -0.391 e. The summed E-state index contributed by atoms with van der Waals surface area (Å²) in [4.78, 5) is 16.2. The fraction of sp³-hybridized carbons (Fsp3) is 0.462. The van der Waals surface area contributed by atoms with Gasteiger partial charge in [0.2, 0.25) is 0 Å². The van der Waals surface area contributed by atoms with Crippen LogP contribution in [0.3, 0.4) is 0 Å². The lowest BCUT2D eigenvalue weighted by Gasteiger charge is -2.09. The molecule has 6 heteroatoms. The number of fused-ring (bicyclic) bond motifs is 1. The molecule has 0 radical (unpaired) electrons. The molecule has 0 aliphatic carbocycles. The van der Waals surface area contributed by atoms with Crippen LogP contribution in [-0.4, -0.2) is 38.4 Å². The number of hydrogen-bond acceptors (Lipinski definition) is 4. The van der Waals surface area contributed by atoms with Crippen molar-refractivity contribution in [1.29, 1.82) is 0 Å². The first kappa shape index (κ1) is 13.5. The molecule has 2 heterocycles. The fourth-order valence-corrected chi connectivity index (χ4v) is 1.89. The molecule has 0 bridgehead atoms. The maximum atomic E-state index is 11.9. The van der Waals surface area contributed by atoms with Crippen LogP contribution in [0.2, 0.25) is 0 Å². The molecule has 1 atom stereocenters. The summed E-state index contributed by atoms with van der Waals surface area (Å²) in [6, 6.07) is 1.78. The van der Waals surface area contributed by atoms with E-state index in [1.807, 2.05) is 20.9 Å². The van der Waals surface area contributed by atoms with Crippen molar-refractivity contribution < 1.29 is 9.90 Å². The number of rotatable bonds is 4. The van der Waals surface area contributed by atoms with E-state index in [0.717, 1.165) is 16.7 Å². The molecule has 1 unspecified atom stereocenters.